The van der Waals surface area contributed by atoms with Gasteiger partial charge >= 0.3 is 0 Å². The molecular weight excluding hydrogens is 172 g/mol. The predicted molar refractivity (Wildman–Crippen MR) is 60.6 cm³/mol. The van der Waals surface area contributed by atoms with E-state index in [-0.39, 0.29) is 0 Å². The van der Waals surface area contributed by atoms with Crippen LogP contribution in [0.3, 0.4) is 0 Å². The Morgan fingerprint density at radius 1 is 1.50 bits per heavy atom. The fraction of sp³-hybridized carbons (Fsp3) is 0.583. The van der Waals surface area contributed by atoms with Crippen LogP contribution < -0.4 is 0 Å². The number of aliphatic imine (C=N–C) groups is 1. The molecule has 0 spiro atoms. The van der Waals surface area contributed by atoms with Crippen molar-refractivity contribution >= 4 is 6.21 Å². The number of allylic oxidation sites excluding steroid dienone is 2. The van der Waals surface area contributed by atoms with E-state index in [2.05, 4.69) is 42.1 Å². The van der Waals surface area contributed by atoms with Crippen molar-refractivity contribution in [3.63, 3.8) is 0 Å². The number of hydrogen-bond donors (Lipinski definition) is 0. The molecule has 0 fully saturated rings. The Morgan fingerprint density at radius 3 is 3.14 bits per heavy atom. The van der Waals surface area contributed by atoms with E-state index in [0.717, 1.165) is 26.1 Å². The van der Waals surface area contributed by atoms with Gasteiger partial charge < -0.3 is 0 Å². The summed E-state index contributed by atoms with van der Waals surface area (Å²) in [6.45, 7) is 7.67. The number of rotatable bonds is 1. The molecule has 2 aliphatic heterocycles. The lowest BCUT2D eigenvalue weighted by molar-refractivity contribution is 0.363. The maximum atomic E-state index is 4.59. The van der Waals surface area contributed by atoms with Crippen molar-refractivity contribution in [2.75, 3.05) is 19.6 Å². The summed E-state index contributed by atoms with van der Waals surface area (Å²) in [4.78, 5) is 7.02. The average molecular weight is 190 g/mol. The Kier molecular flexibility index (Phi) is 2.82. The van der Waals surface area contributed by atoms with Gasteiger partial charge in [-0.05, 0) is 18.5 Å². The highest BCUT2D eigenvalue weighted by Crippen LogP contribution is 2.23. The van der Waals surface area contributed by atoms with Gasteiger partial charge in [0.2, 0.25) is 0 Å². The summed E-state index contributed by atoms with van der Waals surface area (Å²) in [6, 6.07) is 0. The van der Waals surface area contributed by atoms with Crippen LogP contribution in [0.4, 0.5) is 0 Å². The van der Waals surface area contributed by atoms with Crippen LogP contribution in [0.1, 0.15) is 20.3 Å². The van der Waals surface area contributed by atoms with Crippen molar-refractivity contribution < 1.29 is 0 Å². The highest BCUT2D eigenvalue weighted by molar-refractivity contribution is 5.65. The molecule has 0 aliphatic carbocycles. The van der Waals surface area contributed by atoms with Gasteiger partial charge in [-0.15, -0.1) is 0 Å². The number of hydrogen-bond acceptors (Lipinski definition) is 2. The van der Waals surface area contributed by atoms with Crippen LogP contribution in [0.25, 0.3) is 0 Å². The van der Waals surface area contributed by atoms with Crippen LogP contribution >= 0.6 is 0 Å². The zero-order valence-corrected chi connectivity index (χ0v) is 9.03. The summed E-state index contributed by atoms with van der Waals surface area (Å²) >= 11 is 0. The first-order valence-corrected chi connectivity index (χ1v) is 5.43. The van der Waals surface area contributed by atoms with Gasteiger partial charge in [0.05, 0.1) is 5.70 Å². The van der Waals surface area contributed by atoms with E-state index in [1.165, 1.54) is 11.3 Å². The summed E-state index contributed by atoms with van der Waals surface area (Å²) in [6.07, 6.45) is 7.67. The van der Waals surface area contributed by atoms with Crippen molar-refractivity contribution in [3.8, 4) is 0 Å². The fourth-order valence-electron chi connectivity index (χ4n) is 1.96. The Bertz CT molecular complexity index is 299. The Balaban J connectivity index is 2.16. The van der Waals surface area contributed by atoms with Crippen LogP contribution in [0.2, 0.25) is 0 Å². The molecule has 2 heterocycles. The first-order chi connectivity index (χ1) is 6.79. The summed E-state index contributed by atoms with van der Waals surface area (Å²) in [5, 5.41) is 0. The third kappa shape index (κ3) is 1.95. The largest absolute Gasteiger partial charge is 0.294 e. The molecule has 76 valence electrons. The molecule has 0 N–H and O–H groups in total. The van der Waals surface area contributed by atoms with Gasteiger partial charge in [0.25, 0.3) is 0 Å². The van der Waals surface area contributed by atoms with E-state index in [9.17, 15) is 0 Å². The van der Waals surface area contributed by atoms with Crippen molar-refractivity contribution in [3.05, 3.63) is 23.4 Å². The standard InChI is InChI=1S/C12H18N2/c1-3-14-8-11-6-4-5-10(2)7-13-12(11)9-14/h4-5,7,10H,3,6,8-9H2,1-2H3/b5-4+,13-7?. The normalized spacial score (nSPS) is 30.0. The van der Waals surface area contributed by atoms with E-state index in [4.69, 9.17) is 0 Å². The molecule has 1 atom stereocenters. The second-order valence-corrected chi connectivity index (χ2v) is 4.12. The molecule has 14 heavy (non-hydrogen) atoms. The predicted octanol–water partition coefficient (Wildman–Crippen LogP) is 2.24. The summed E-state index contributed by atoms with van der Waals surface area (Å²) in [5.74, 6) is 0.486. The summed E-state index contributed by atoms with van der Waals surface area (Å²) in [7, 11) is 0. The van der Waals surface area contributed by atoms with Crippen molar-refractivity contribution in [2.24, 2.45) is 10.9 Å². The minimum Gasteiger partial charge on any atom is -0.294 e. The molecule has 1 unspecified atom stereocenters. The number of nitrogens with zero attached hydrogens (tertiary/aromatic N) is 2. The van der Waals surface area contributed by atoms with Crippen LogP contribution in [0.5, 0.6) is 0 Å². The van der Waals surface area contributed by atoms with Gasteiger partial charge in [-0.1, -0.05) is 26.0 Å². The minimum absolute atomic E-state index is 0.486. The molecule has 2 aliphatic rings. The van der Waals surface area contributed by atoms with Crippen LogP contribution in [-0.2, 0) is 0 Å². The topological polar surface area (TPSA) is 15.6 Å². The lowest BCUT2D eigenvalue weighted by atomic mass is 10.1. The quantitative estimate of drug-likeness (QED) is 0.579. The van der Waals surface area contributed by atoms with Crippen LogP contribution in [0, 0.1) is 5.92 Å². The van der Waals surface area contributed by atoms with Crippen molar-refractivity contribution in [2.45, 2.75) is 20.3 Å². The monoisotopic (exact) mass is 190 g/mol. The van der Waals surface area contributed by atoms with E-state index >= 15 is 0 Å². The minimum atomic E-state index is 0.486. The molecular formula is C12H18N2. The fourth-order valence-corrected chi connectivity index (χ4v) is 1.96. The van der Waals surface area contributed by atoms with Gasteiger partial charge in [-0.2, -0.15) is 0 Å². The maximum Gasteiger partial charge on any atom is 0.0548 e. The molecule has 0 radical (unpaired) electrons. The summed E-state index contributed by atoms with van der Waals surface area (Å²) in [5.41, 5.74) is 2.81. The molecule has 0 aromatic rings. The Hall–Kier alpha value is -0.890. The average Bonchev–Trinajstić information content (AvgIpc) is 2.54. The number of likely N-dealkylation sites (N-methyl/N-ethyl adjacent to an activating group) is 1. The van der Waals surface area contributed by atoms with Gasteiger partial charge in [-0.25, -0.2) is 0 Å². The third-order valence-corrected chi connectivity index (χ3v) is 2.91. The van der Waals surface area contributed by atoms with Gasteiger partial charge in [0, 0.05) is 25.2 Å². The van der Waals surface area contributed by atoms with Crippen molar-refractivity contribution in [1.82, 2.24) is 4.90 Å². The van der Waals surface area contributed by atoms with E-state index in [0.29, 0.717) is 5.92 Å². The molecule has 2 rings (SSSR count). The lowest BCUT2D eigenvalue weighted by Gasteiger charge is -2.10. The highest BCUT2D eigenvalue weighted by Gasteiger charge is 2.19. The smallest absolute Gasteiger partial charge is 0.0548 e. The zero-order valence-electron chi connectivity index (χ0n) is 9.03. The molecule has 2 nitrogen and oxygen atoms in total. The molecule has 0 aromatic carbocycles. The first-order valence-electron chi connectivity index (χ1n) is 5.43. The molecule has 0 saturated heterocycles. The first kappa shape index (κ1) is 9.66. The SMILES string of the molecule is CCN1CC2=C(C1)N=CC(C)/C=C/C2. The molecule has 0 aromatic heterocycles. The molecule has 0 bridgehead atoms. The second-order valence-electron chi connectivity index (χ2n) is 4.12. The van der Waals surface area contributed by atoms with Gasteiger partial charge in [0.15, 0.2) is 0 Å². The van der Waals surface area contributed by atoms with Crippen LogP contribution in [0.15, 0.2) is 28.4 Å². The summed E-state index contributed by atoms with van der Waals surface area (Å²) < 4.78 is 0. The molecule has 0 saturated carbocycles. The maximum absolute atomic E-state index is 4.59. The van der Waals surface area contributed by atoms with Gasteiger partial charge in [-0.3, -0.25) is 9.89 Å². The van der Waals surface area contributed by atoms with Gasteiger partial charge in [0.1, 0.15) is 0 Å². The highest BCUT2D eigenvalue weighted by atomic mass is 15.2. The second kappa shape index (κ2) is 4.09. The lowest BCUT2D eigenvalue weighted by Crippen LogP contribution is -2.20. The van der Waals surface area contributed by atoms with E-state index in [1.807, 2.05) is 0 Å². The molecule has 2 heteroatoms. The van der Waals surface area contributed by atoms with E-state index < -0.39 is 0 Å². The Labute approximate surface area is 86.0 Å². The van der Waals surface area contributed by atoms with Crippen molar-refractivity contribution in [1.29, 1.82) is 0 Å². The third-order valence-electron chi connectivity index (χ3n) is 2.91. The molecule has 0 amide bonds. The zero-order chi connectivity index (χ0) is 9.97. The van der Waals surface area contributed by atoms with Crippen LogP contribution in [-0.4, -0.2) is 30.7 Å². The van der Waals surface area contributed by atoms with E-state index in [1.54, 1.807) is 0 Å². The Morgan fingerprint density at radius 2 is 2.36 bits per heavy atom.